The van der Waals surface area contributed by atoms with Gasteiger partial charge in [0.1, 0.15) is 5.82 Å². The number of aromatic nitrogens is 3. The van der Waals surface area contributed by atoms with E-state index in [4.69, 9.17) is 0 Å². The molecule has 1 aromatic carbocycles. The number of thioether (sulfide) groups is 1. The number of fused-ring (bicyclic) bond motifs is 3. The zero-order valence-corrected chi connectivity index (χ0v) is 20.3. The van der Waals surface area contributed by atoms with Crippen LogP contribution >= 0.6 is 11.8 Å². The van der Waals surface area contributed by atoms with Gasteiger partial charge in [-0.1, -0.05) is 6.07 Å². The lowest BCUT2D eigenvalue weighted by atomic mass is 9.85. The van der Waals surface area contributed by atoms with E-state index in [0.717, 1.165) is 48.0 Å². The lowest BCUT2D eigenvalue weighted by Gasteiger charge is -2.38. The molecule has 1 saturated carbocycles. The van der Waals surface area contributed by atoms with Crippen LogP contribution in [0.5, 0.6) is 0 Å². The Balaban J connectivity index is 1.08. The van der Waals surface area contributed by atoms with Crippen LogP contribution in [0.1, 0.15) is 24.2 Å². The molecule has 8 nitrogen and oxygen atoms in total. The lowest BCUT2D eigenvalue weighted by Crippen LogP contribution is -2.45. The normalized spacial score (nSPS) is 24.6. The van der Waals surface area contributed by atoms with Crippen LogP contribution in [-0.4, -0.2) is 45.7 Å². The van der Waals surface area contributed by atoms with Crippen LogP contribution in [0.15, 0.2) is 47.5 Å². The summed E-state index contributed by atoms with van der Waals surface area (Å²) in [5.74, 6) is 1.74. The van der Waals surface area contributed by atoms with E-state index in [9.17, 15) is 14.0 Å². The van der Waals surface area contributed by atoms with Crippen molar-refractivity contribution in [3.05, 3.63) is 64.7 Å². The number of imide groups is 1. The molecule has 36 heavy (non-hydrogen) atoms. The van der Waals surface area contributed by atoms with Gasteiger partial charge in [0.25, 0.3) is 11.1 Å². The van der Waals surface area contributed by atoms with Gasteiger partial charge < -0.3 is 10.2 Å². The second kappa shape index (κ2) is 9.59. The number of benzene rings is 1. The number of nitrogens with one attached hydrogen (secondary N) is 2. The van der Waals surface area contributed by atoms with E-state index >= 15 is 0 Å². The number of pyridine rings is 1. The number of carbonyl (C=O) groups excluding carboxylic acids is 2. The largest absolute Gasteiger partial charge is 0.340 e. The van der Waals surface area contributed by atoms with Gasteiger partial charge >= 0.3 is 0 Å². The Morgan fingerprint density at radius 3 is 2.72 bits per heavy atom. The van der Waals surface area contributed by atoms with Crippen molar-refractivity contribution in [3.63, 3.8) is 0 Å². The van der Waals surface area contributed by atoms with Gasteiger partial charge in [-0.05, 0) is 85.3 Å². The molecular formula is C26H25FN6O2S. The minimum atomic E-state index is -0.385. The van der Waals surface area contributed by atoms with Crippen LogP contribution in [0.3, 0.4) is 0 Å². The molecule has 10 heteroatoms. The van der Waals surface area contributed by atoms with Gasteiger partial charge in [0.05, 0.1) is 21.8 Å². The minimum Gasteiger partial charge on any atom is -0.340 e. The third kappa shape index (κ3) is 4.70. The zero-order valence-electron chi connectivity index (χ0n) is 19.5. The van der Waals surface area contributed by atoms with E-state index in [1.807, 2.05) is 12.1 Å². The Labute approximate surface area is 211 Å². The molecule has 184 valence electrons. The van der Waals surface area contributed by atoms with Gasteiger partial charge in [-0.15, -0.1) is 0 Å². The second-order valence-corrected chi connectivity index (χ2v) is 10.6. The Hall–Kier alpha value is -3.37. The fourth-order valence-electron chi connectivity index (χ4n) is 5.59. The zero-order chi connectivity index (χ0) is 24.6. The highest BCUT2D eigenvalue weighted by molar-refractivity contribution is 8.18. The van der Waals surface area contributed by atoms with Crippen molar-refractivity contribution in [2.45, 2.75) is 19.4 Å². The highest BCUT2D eigenvalue weighted by atomic mass is 32.2. The van der Waals surface area contributed by atoms with Crippen molar-refractivity contribution >= 4 is 45.8 Å². The van der Waals surface area contributed by atoms with E-state index in [1.54, 1.807) is 24.4 Å². The first-order valence-corrected chi connectivity index (χ1v) is 12.9. The number of piperidine rings is 1. The summed E-state index contributed by atoms with van der Waals surface area (Å²) in [6.45, 7) is 3.41. The van der Waals surface area contributed by atoms with Crippen molar-refractivity contribution in [2.24, 2.45) is 17.8 Å². The fourth-order valence-corrected chi connectivity index (χ4v) is 6.25. The van der Waals surface area contributed by atoms with Crippen LogP contribution in [0, 0.1) is 23.6 Å². The summed E-state index contributed by atoms with van der Waals surface area (Å²) >= 11 is 0.889. The van der Waals surface area contributed by atoms with E-state index in [0.29, 0.717) is 40.8 Å². The van der Waals surface area contributed by atoms with Crippen molar-refractivity contribution in [2.75, 3.05) is 24.5 Å². The number of hydrogen-bond donors (Lipinski definition) is 2. The molecule has 6 rings (SSSR count). The van der Waals surface area contributed by atoms with E-state index in [1.165, 1.54) is 25.0 Å². The highest BCUT2D eigenvalue weighted by Gasteiger charge is 2.42. The summed E-state index contributed by atoms with van der Waals surface area (Å²) in [7, 11) is 0. The molecule has 3 aliphatic rings. The smallest absolute Gasteiger partial charge is 0.290 e. The summed E-state index contributed by atoms with van der Waals surface area (Å²) in [5.41, 5.74) is 2.38. The monoisotopic (exact) mass is 504 g/mol. The molecule has 2 aromatic heterocycles. The van der Waals surface area contributed by atoms with Crippen molar-refractivity contribution in [1.29, 1.82) is 0 Å². The van der Waals surface area contributed by atoms with Crippen LogP contribution in [0.2, 0.25) is 0 Å². The molecule has 2 N–H and O–H groups in total. The maximum atomic E-state index is 13.4. The van der Waals surface area contributed by atoms with Crippen LogP contribution in [0.4, 0.5) is 15.1 Å². The third-order valence-electron chi connectivity index (χ3n) is 7.29. The Morgan fingerprint density at radius 2 is 1.94 bits per heavy atom. The molecule has 4 heterocycles. The molecule has 3 atom stereocenters. The standard InChI is InChI=1S/C26H25FN6O2S/c27-18-4-6-22-15(9-18)3-5-20(30-22)11-28-12-21-16-1-2-17(21)14-33(13-16)25-29-8-7-19(31-25)10-23-24(34)32-26(35)36-23/h3-10,16-17,21,28H,1-2,11-14H2,(H,32,34,35)/t16-,17+,21?. The first-order valence-electron chi connectivity index (χ1n) is 12.1. The van der Waals surface area contributed by atoms with Crippen LogP contribution in [0.25, 0.3) is 17.0 Å². The average Bonchev–Trinajstić information content (AvgIpc) is 3.30. The molecule has 0 spiro atoms. The Morgan fingerprint density at radius 1 is 1.11 bits per heavy atom. The van der Waals surface area contributed by atoms with Crippen molar-refractivity contribution in [1.82, 2.24) is 25.6 Å². The lowest BCUT2D eigenvalue weighted by molar-refractivity contribution is -0.115. The van der Waals surface area contributed by atoms with Gasteiger partial charge in [-0.2, -0.15) is 0 Å². The third-order valence-corrected chi connectivity index (χ3v) is 8.10. The maximum absolute atomic E-state index is 13.4. The van der Waals surface area contributed by atoms with Crippen molar-refractivity contribution in [3.8, 4) is 0 Å². The summed E-state index contributed by atoms with van der Waals surface area (Å²) in [6, 6.07) is 10.3. The first kappa shape index (κ1) is 23.1. The maximum Gasteiger partial charge on any atom is 0.290 e. The quantitative estimate of drug-likeness (QED) is 0.490. The highest BCUT2D eigenvalue weighted by Crippen LogP contribution is 2.42. The van der Waals surface area contributed by atoms with E-state index in [2.05, 4.69) is 30.5 Å². The number of nitrogens with zero attached hydrogens (tertiary/aromatic N) is 4. The predicted octanol–water partition coefficient (Wildman–Crippen LogP) is 3.74. The number of halogens is 1. The molecule has 1 aliphatic carbocycles. The van der Waals surface area contributed by atoms with Gasteiger partial charge in [-0.3, -0.25) is 19.9 Å². The number of rotatable bonds is 6. The molecule has 2 amide bonds. The summed E-state index contributed by atoms with van der Waals surface area (Å²) in [5, 5.41) is 6.31. The minimum absolute atomic E-state index is 0.247. The Bertz CT molecular complexity index is 1370. The SMILES string of the molecule is O=C1NC(=O)C(=Cc2ccnc(N3C[C@H]4CC[C@@H](C3)C4CNCc3ccc4cc(F)ccc4n3)n2)S1. The number of anilines is 1. The summed E-state index contributed by atoms with van der Waals surface area (Å²) < 4.78 is 13.4. The van der Waals surface area contributed by atoms with Gasteiger partial charge in [0.2, 0.25) is 5.95 Å². The topological polar surface area (TPSA) is 100 Å². The van der Waals surface area contributed by atoms with Gasteiger partial charge in [0.15, 0.2) is 0 Å². The molecule has 1 unspecified atom stereocenters. The molecule has 0 radical (unpaired) electrons. The second-order valence-electron chi connectivity index (χ2n) is 9.57. The molecule has 2 aliphatic heterocycles. The molecular weight excluding hydrogens is 479 g/mol. The molecule has 3 aromatic rings. The van der Waals surface area contributed by atoms with Crippen LogP contribution < -0.4 is 15.5 Å². The fraction of sp³-hybridized carbons (Fsp3) is 0.346. The van der Waals surface area contributed by atoms with Crippen molar-refractivity contribution < 1.29 is 14.0 Å². The molecule has 2 bridgehead atoms. The number of hydrogen-bond acceptors (Lipinski definition) is 8. The average molecular weight is 505 g/mol. The molecule has 2 saturated heterocycles. The predicted molar refractivity (Wildman–Crippen MR) is 136 cm³/mol. The number of amides is 2. The van der Waals surface area contributed by atoms with Crippen LogP contribution in [-0.2, 0) is 11.3 Å². The summed E-state index contributed by atoms with van der Waals surface area (Å²) in [6.07, 6.45) is 5.72. The van der Waals surface area contributed by atoms with Gasteiger partial charge in [0, 0.05) is 31.2 Å². The Kier molecular flexibility index (Phi) is 6.14. The first-order chi connectivity index (χ1) is 17.5. The van der Waals surface area contributed by atoms with Gasteiger partial charge in [-0.25, -0.2) is 14.4 Å². The number of carbonyl (C=O) groups is 2. The van der Waals surface area contributed by atoms with E-state index < -0.39 is 0 Å². The summed E-state index contributed by atoms with van der Waals surface area (Å²) in [4.78, 5) is 39.7. The van der Waals surface area contributed by atoms with E-state index in [-0.39, 0.29) is 17.0 Å². The molecule has 3 fully saturated rings.